The van der Waals surface area contributed by atoms with Gasteiger partial charge in [0.1, 0.15) is 5.75 Å². The van der Waals surface area contributed by atoms with Crippen LogP contribution in [0.4, 0.5) is 0 Å². The van der Waals surface area contributed by atoms with Gasteiger partial charge in [0.05, 0.1) is 15.5 Å². The Morgan fingerprint density at radius 1 is 1.05 bits per heavy atom. The second kappa shape index (κ2) is 5.93. The number of sulfonamides is 1. The minimum Gasteiger partial charge on any atom is -0.508 e. The molecule has 2 aromatic rings. The Kier molecular flexibility index (Phi) is 4.41. The van der Waals surface area contributed by atoms with Crippen molar-refractivity contribution in [3.05, 3.63) is 58.1 Å². The van der Waals surface area contributed by atoms with Crippen LogP contribution in [0.15, 0.2) is 47.4 Å². The van der Waals surface area contributed by atoms with Gasteiger partial charge in [-0.15, -0.1) is 0 Å². The standard InChI is InChI=1S/C13H9Cl2NO4S/c14-8-1-6-11(12(15)7-8)13(18)16-21(19,20)10-4-2-9(17)3-5-10/h1-7,17H,(H,16,18). The van der Waals surface area contributed by atoms with Crippen LogP contribution in [-0.2, 0) is 10.0 Å². The molecule has 8 heteroatoms. The fourth-order valence-electron chi connectivity index (χ4n) is 1.53. The van der Waals surface area contributed by atoms with Gasteiger partial charge in [0.2, 0.25) is 0 Å². The number of hydrogen-bond acceptors (Lipinski definition) is 4. The van der Waals surface area contributed by atoms with Gasteiger partial charge in [0.25, 0.3) is 15.9 Å². The summed E-state index contributed by atoms with van der Waals surface area (Å²) < 4.78 is 25.9. The van der Waals surface area contributed by atoms with E-state index in [-0.39, 0.29) is 21.2 Å². The number of halogens is 2. The van der Waals surface area contributed by atoms with Crippen LogP contribution >= 0.6 is 23.2 Å². The zero-order valence-corrected chi connectivity index (χ0v) is 12.7. The summed E-state index contributed by atoms with van der Waals surface area (Å²) in [6.45, 7) is 0. The molecule has 0 aliphatic heterocycles. The Labute approximate surface area is 131 Å². The molecule has 110 valence electrons. The number of rotatable bonds is 3. The predicted molar refractivity (Wildman–Crippen MR) is 79.2 cm³/mol. The van der Waals surface area contributed by atoms with Crippen LogP contribution in [0.25, 0.3) is 0 Å². The fraction of sp³-hybridized carbons (Fsp3) is 0. The zero-order valence-electron chi connectivity index (χ0n) is 10.4. The van der Waals surface area contributed by atoms with E-state index in [2.05, 4.69) is 0 Å². The second-order valence-corrected chi connectivity index (χ2v) is 6.58. The highest BCUT2D eigenvalue weighted by Crippen LogP contribution is 2.21. The van der Waals surface area contributed by atoms with Crippen molar-refractivity contribution in [1.29, 1.82) is 0 Å². The predicted octanol–water partition coefficient (Wildman–Crippen LogP) is 2.82. The van der Waals surface area contributed by atoms with Crippen molar-refractivity contribution in [3.63, 3.8) is 0 Å². The summed E-state index contributed by atoms with van der Waals surface area (Å²) >= 11 is 11.6. The molecule has 0 atom stereocenters. The number of carbonyl (C=O) groups is 1. The average molecular weight is 346 g/mol. The summed E-state index contributed by atoms with van der Waals surface area (Å²) in [7, 11) is -4.05. The van der Waals surface area contributed by atoms with Crippen LogP contribution in [0.1, 0.15) is 10.4 Å². The van der Waals surface area contributed by atoms with E-state index in [1.54, 1.807) is 0 Å². The van der Waals surface area contributed by atoms with E-state index in [1.807, 2.05) is 4.72 Å². The van der Waals surface area contributed by atoms with Gasteiger partial charge in [0.15, 0.2) is 0 Å². The second-order valence-electron chi connectivity index (χ2n) is 4.05. The number of phenolic OH excluding ortho intramolecular Hbond substituents is 1. The van der Waals surface area contributed by atoms with Gasteiger partial charge in [0, 0.05) is 5.02 Å². The van der Waals surface area contributed by atoms with Crippen molar-refractivity contribution in [2.24, 2.45) is 0 Å². The van der Waals surface area contributed by atoms with Crippen molar-refractivity contribution in [3.8, 4) is 5.75 Å². The summed E-state index contributed by atoms with van der Waals surface area (Å²) in [5.74, 6) is -0.953. The van der Waals surface area contributed by atoms with Gasteiger partial charge < -0.3 is 5.11 Å². The normalized spacial score (nSPS) is 11.1. The largest absolute Gasteiger partial charge is 0.508 e. The van der Waals surface area contributed by atoms with Gasteiger partial charge in [-0.25, -0.2) is 13.1 Å². The van der Waals surface area contributed by atoms with E-state index in [0.29, 0.717) is 5.02 Å². The third kappa shape index (κ3) is 3.66. The molecule has 21 heavy (non-hydrogen) atoms. The van der Waals surface area contributed by atoms with E-state index in [9.17, 15) is 13.2 Å². The summed E-state index contributed by atoms with van der Waals surface area (Å²) in [6.07, 6.45) is 0. The highest BCUT2D eigenvalue weighted by atomic mass is 35.5. The lowest BCUT2D eigenvalue weighted by molar-refractivity contribution is 0.0981. The molecule has 2 rings (SSSR count). The van der Waals surface area contributed by atoms with E-state index >= 15 is 0 Å². The minimum atomic E-state index is -4.05. The topological polar surface area (TPSA) is 83.5 Å². The molecule has 0 aromatic heterocycles. The Balaban J connectivity index is 2.28. The molecule has 1 amide bonds. The molecule has 0 fully saturated rings. The summed E-state index contributed by atoms with van der Waals surface area (Å²) in [5, 5.41) is 9.51. The molecule has 5 nitrogen and oxygen atoms in total. The Morgan fingerprint density at radius 2 is 1.67 bits per heavy atom. The first-order chi connectivity index (χ1) is 9.79. The van der Waals surface area contributed by atoms with Gasteiger partial charge in [-0.1, -0.05) is 23.2 Å². The van der Waals surface area contributed by atoms with Gasteiger partial charge in [-0.05, 0) is 42.5 Å². The molecule has 0 heterocycles. The Bertz CT molecular complexity index is 788. The lowest BCUT2D eigenvalue weighted by Crippen LogP contribution is -2.30. The lowest BCUT2D eigenvalue weighted by Gasteiger charge is -2.08. The molecular formula is C13H9Cl2NO4S. The van der Waals surface area contributed by atoms with Crippen LogP contribution in [0.3, 0.4) is 0 Å². The molecule has 2 N–H and O–H groups in total. The number of phenols is 1. The van der Waals surface area contributed by atoms with Crippen LogP contribution in [0.2, 0.25) is 10.0 Å². The lowest BCUT2D eigenvalue weighted by atomic mass is 10.2. The third-order valence-electron chi connectivity index (χ3n) is 2.55. The Hall–Kier alpha value is -1.76. The van der Waals surface area contributed by atoms with Crippen LogP contribution in [0, 0.1) is 0 Å². The quantitative estimate of drug-likeness (QED) is 0.895. The number of amides is 1. The number of benzene rings is 2. The van der Waals surface area contributed by atoms with Crippen molar-refractivity contribution in [1.82, 2.24) is 4.72 Å². The maximum atomic E-state index is 12.0. The van der Waals surface area contributed by atoms with Gasteiger partial charge in [-0.3, -0.25) is 4.79 Å². The van der Waals surface area contributed by atoms with E-state index < -0.39 is 15.9 Å². The van der Waals surface area contributed by atoms with Gasteiger partial charge >= 0.3 is 0 Å². The maximum Gasteiger partial charge on any atom is 0.266 e. The zero-order chi connectivity index (χ0) is 15.6. The molecule has 2 aromatic carbocycles. The summed E-state index contributed by atoms with van der Waals surface area (Å²) in [4.78, 5) is 11.8. The fourth-order valence-corrected chi connectivity index (χ4v) is 3.00. The molecule has 0 radical (unpaired) electrons. The number of hydrogen-bond donors (Lipinski definition) is 2. The van der Waals surface area contributed by atoms with Crippen LogP contribution < -0.4 is 4.72 Å². The number of nitrogens with one attached hydrogen (secondary N) is 1. The molecule has 0 saturated carbocycles. The SMILES string of the molecule is O=C(NS(=O)(=O)c1ccc(O)cc1)c1ccc(Cl)cc1Cl. The monoisotopic (exact) mass is 345 g/mol. The smallest absolute Gasteiger partial charge is 0.266 e. The molecule has 0 saturated heterocycles. The molecule has 0 bridgehead atoms. The highest BCUT2D eigenvalue weighted by Gasteiger charge is 2.20. The average Bonchev–Trinajstić information content (AvgIpc) is 2.38. The number of aromatic hydroxyl groups is 1. The van der Waals surface area contributed by atoms with Crippen LogP contribution in [0.5, 0.6) is 5.75 Å². The van der Waals surface area contributed by atoms with Crippen molar-refractivity contribution >= 4 is 39.1 Å². The first kappa shape index (κ1) is 15.6. The van der Waals surface area contributed by atoms with Crippen molar-refractivity contribution in [2.45, 2.75) is 4.90 Å². The van der Waals surface area contributed by atoms with Crippen molar-refractivity contribution < 1.29 is 18.3 Å². The third-order valence-corrected chi connectivity index (χ3v) is 4.44. The molecule has 0 aliphatic carbocycles. The van der Waals surface area contributed by atoms with Crippen molar-refractivity contribution in [2.75, 3.05) is 0 Å². The first-order valence-corrected chi connectivity index (χ1v) is 7.85. The highest BCUT2D eigenvalue weighted by molar-refractivity contribution is 7.90. The summed E-state index contributed by atoms with van der Waals surface area (Å²) in [5.41, 5.74) is -0.0107. The van der Waals surface area contributed by atoms with E-state index in [0.717, 1.165) is 0 Å². The minimum absolute atomic E-state index is 0.0107. The molecule has 0 aliphatic rings. The summed E-state index contributed by atoms with van der Waals surface area (Å²) in [6, 6.07) is 8.85. The molecule has 0 unspecified atom stereocenters. The number of carbonyl (C=O) groups excluding carboxylic acids is 1. The van der Waals surface area contributed by atoms with E-state index in [4.69, 9.17) is 28.3 Å². The van der Waals surface area contributed by atoms with E-state index in [1.165, 1.54) is 42.5 Å². The Morgan fingerprint density at radius 3 is 2.24 bits per heavy atom. The maximum absolute atomic E-state index is 12.0. The first-order valence-electron chi connectivity index (χ1n) is 5.61. The molecular weight excluding hydrogens is 337 g/mol. The molecule has 0 spiro atoms. The van der Waals surface area contributed by atoms with Gasteiger partial charge in [-0.2, -0.15) is 0 Å². The van der Waals surface area contributed by atoms with Crippen LogP contribution in [-0.4, -0.2) is 19.4 Å².